The van der Waals surface area contributed by atoms with E-state index in [-0.39, 0.29) is 6.10 Å². The monoisotopic (exact) mass is 456 g/mol. The van der Waals surface area contributed by atoms with Crippen LogP contribution in [0.15, 0.2) is 0 Å². The summed E-state index contributed by atoms with van der Waals surface area (Å²) in [5.74, 6) is 1.33. The molecule has 9 unspecified atom stereocenters. The third kappa shape index (κ3) is 0.0926. The van der Waals surface area contributed by atoms with Crippen LogP contribution in [0.5, 0.6) is 0 Å². The van der Waals surface area contributed by atoms with Crippen LogP contribution in [0.25, 0.3) is 0 Å². The van der Waals surface area contributed by atoms with Crippen LogP contribution >= 0.6 is 0 Å². The molecule has 20 saturated heterocycles. The summed E-state index contributed by atoms with van der Waals surface area (Å²) in [6.07, 6.45) is 2.82. The fourth-order valence-corrected chi connectivity index (χ4v) is 187. The van der Waals surface area contributed by atoms with Crippen LogP contribution in [0, 0.1) is 5.92 Å². The van der Waals surface area contributed by atoms with Gasteiger partial charge in [-0.05, 0) is 0 Å². The zero-order chi connectivity index (χ0) is 16.6. The molecule has 20 rings (SSSR count). The van der Waals surface area contributed by atoms with Gasteiger partial charge in [-0.15, -0.1) is 0 Å². The van der Waals surface area contributed by atoms with E-state index in [0.717, 1.165) is 0 Å². The SMILES string of the molecule is CC(O)CCC([C]12[CH]3[CH]4[CH]5[CH]1[Fe]45321678[CH]2[CH]1[CH]6[CH]7[CH]28)[C]12[CH]3[CH]4[CH]5[CH]1[Fe]45321678[CH]2[CH]1[CH]6[CH]7[CH]28. The van der Waals surface area contributed by atoms with Gasteiger partial charge in [0.05, 0.1) is 0 Å². The van der Waals surface area contributed by atoms with E-state index in [0.29, 0.717) is 0 Å². The van der Waals surface area contributed by atoms with Crippen molar-refractivity contribution in [3.8, 4) is 0 Å². The molecule has 20 heterocycles. The van der Waals surface area contributed by atoms with Crippen LogP contribution in [0.4, 0.5) is 0 Å². The average molecular weight is 456 g/mol. The van der Waals surface area contributed by atoms with Crippen molar-refractivity contribution < 1.29 is 18.1 Å². The number of hydrogen-bond acceptors (Lipinski definition) is 1. The van der Waals surface area contributed by atoms with E-state index in [1.54, 1.807) is 6.42 Å². The first-order valence-corrected chi connectivity index (χ1v) is 25.8. The summed E-state index contributed by atoms with van der Waals surface area (Å²) in [5, 5.41) is 10.5. The summed E-state index contributed by atoms with van der Waals surface area (Å²) in [4.78, 5) is 27.7. The van der Waals surface area contributed by atoms with Crippen molar-refractivity contribution in [3.63, 3.8) is 0 Å². The second kappa shape index (κ2) is 0.750. The molecule has 9 atom stereocenters. The summed E-state index contributed by atoms with van der Waals surface area (Å²) in [6, 6.07) is 0. The van der Waals surface area contributed by atoms with Crippen LogP contribution in [0.3, 0.4) is 0 Å². The Hall–Kier alpha value is 0.999. The molecule has 28 heavy (non-hydrogen) atoms. The predicted molar refractivity (Wildman–Crippen MR) is 97.3 cm³/mol. The summed E-state index contributed by atoms with van der Waals surface area (Å²) >= 11 is 0. The van der Waals surface area contributed by atoms with E-state index < -0.39 is 13.0 Å². The molecule has 0 aromatic heterocycles. The molecular formula is C25H28Fe2O. The molecule has 20 aliphatic rings. The van der Waals surface area contributed by atoms with Crippen molar-refractivity contribution in [1.82, 2.24) is 0 Å². The van der Waals surface area contributed by atoms with Gasteiger partial charge >= 0.3 is 145 Å². The Balaban J connectivity index is 1.08. The number of hydrogen-bond donors (Lipinski definition) is 1. The summed E-state index contributed by atoms with van der Waals surface area (Å²) in [7, 11) is 0. The first kappa shape index (κ1) is 9.87. The topological polar surface area (TPSA) is 20.2 Å². The summed E-state index contributed by atoms with van der Waals surface area (Å²) in [5.41, 5.74) is 0. The summed E-state index contributed by atoms with van der Waals surface area (Å²) in [6.45, 7) is -3.90. The van der Waals surface area contributed by atoms with Crippen LogP contribution in [0.2, 0.25) is 95.3 Å². The van der Waals surface area contributed by atoms with Crippen molar-refractivity contribution >= 4 is 0 Å². The number of rotatable bonds is 5. The Morgan fingerprint density at radius 1 is 0.571 bits per heavy atom. The van der Waals surface area contributed by atoms with Crippen LogP contribution in [0.1, 0.15) is 19.8 Å². The quantitative estimate of drug-likeness (QED) is 0.431. The second-order valence-corrected chi connectivity index (χ2v) is 68.7. The van der Waals surface area contributed by atoms with E-state index in [4.69, 9.17) is 0 Å². The van der Waals surface area contributed by atoms with Gasteiger partial charge in [-0.25, -0.2) is 0 Å². The number of aliphatic hydroxyl groups is 1. The zero-order valence-corrected chi connectivity index (χ0v) is 18.3. The van der Waals surface area contributed by atoms with Gasteiger partial charge in [0.15, 0.2) is 0 Å². The van der Waals surface area contributed by atoms with Crippen LogP contribution < -0.4 is 0 Å². The molecule has 1 nitrogen and oxygen atoms in total. The second-order valence-electron chi connectivity index (χ2n) is 21.5. The van der Waals surface area contributed by atoms with Gasteiger partial charge < -0.3 is 0 Å². The van der Waals surface area contributed by atoms with Gasteiger partial charge in [-0.3, -0.25) is 0 Å². The van der Waals surface area contributed by atoms with E-state index in [1.807, 2.05) is 0 Å². The van der Waals surface area contributed by atoms with Crippen molar-refractivity contribution in [3.05, 3.63) is 0 Å². The molecule has 0 radical (unpaired) electrons. The van der Waals surface area contributed by atoms with Crippen molar-refractivity contribution in [2.75, 3.05) is 0 Å². The van der Waals surface area contributed by atoms with Crippen LogP contribution in [-0.4, -0.2) is 11.2 Å². The molecule has 0 bridgehead atoms. The maximum atomic E-state index is 10.5. The van der Waals surface area contributed by atoms with Gasteiger partial charge in [-0.1, -0.05) is 0 Å². The first-order chi connectivity index (χ1) is 13.1. The van der Waals surface area contributed by atoms with Gasteiger partial charge in [0.2, 0.25) is 0 Å². The van der Waals surface area contributed by atoms with E-state index >= 15 is 0 Å². The molecule has 0 saturated carbocycles. The molecule has 20 aliphatic heterocycles. The summed E-state index contributed by atoms with van der Waals surface area (Å²) < 4.78 is 2.37. The molecule has 20 fully saturated rings. The molecule has 0 amide bonds. The standard InChI is InChI=1S/C15H18O.2C5H5.2Fe/c1-12(16)10-11-15(13-6-2-3-7-13)14-8-4-5-9-14;2*1-2-4-5-3-1;;/h2-9,12,15-16H,10-11H2,1H3;2*1-5H;;. The first-order valence-electron chi connectivity index (χ1n) is 13.2. The Kier molecular flexibility index (Phi) is 0.264. The van der Waals surface area contributed by atoms with E-state index in [2.05, 4.69) is 6.92 Å². The molecule has 0 aromatic rings. The molecular weight excluding hydrogens is 428 g/mol. The van der Waals surface area contributed by atoms with Crippen molar-refractivity contribution in [1.29, 1.82) is 0 Å². The minimum atomic E-state index is -3.02. The fraction of sp³-hybridized carbons (Fsp3) is 1.00. The van der Waals surface area contributed by atoms with E-state index in [9.17, 15) is 5.11 Å². The van der Waals surface area contributed by atoms with Crippen molar-refractivity contribution in [2.45, 2.75) is 121 Å². The Labute approximate surface area is 144 Å². The van der Waals surface area contributed by atoms with Gasteiger partial charge in [0.25, 0.3) is 0 Å². The molecule has 1 N–H and O–H groups in total. The normalized spacial score (nSPS) is 145. The third-order valence-corrected chi connectivity index (χ3v) is 117. The van der Waals surface area contributed by atoms with E-state index in [1.165, 1.54) is 108 Å². The predicted octanol–water partition coefficient (Wildman–Crippen LogP) is 7.28. The number of aliphatic hydroxyl groups excluding tert-OH is 1. The Bertz CT molecular complexity index is 1800. The minimum absolute atomic E-state index is 0.00389. The molecule has 150 valence electrons. The Morgan fingerprint density at radius 2 is 0.893 bits per heavy atom. The average Bonchev–Trinajstić information content (AvgIpc) is 3.56. The van der Waals surface area contributed by atoms with Gasteiger partial charge in [-0.2, -0.15) is 0 Å². The Morgan fingerprint density at radius 3 is 1.07 bits per heavy atom. The molecule has 0 aromatic carbocycles. The van der Waals surface area contributed by atoms with Crippen LogP contribution in [-0.2, 0) is 13.0 Å². The molecule has 3 heteroatoms. The number of fused-ring (bicyclic) bond motifs is 20. The third-order valence-electron chi connectivity index (χ3n) is 31.5. The fourth-order valence-electron chi connectivity index (χ4n) is 35.8. The van der Waals surface area contributed by atoms with Gasteiger partial charge in [0, 0.05) is 0 Å². The zero-order valence-electron chi connectivity index (χ0n) is 16.1. The molecule has 2 spiro atoms. The van der Waals surface area contributed by atoms with Crippen molar-refractivity contribution in [2.24, 2.45) is 5.92 Å². The molecule has 0 aliphatic carbocycles. The maximum absolute atomic E-state index is 10.5. The van der Waals surface area contributed by atoms with Gasteiger partial charge in [0.1, 0.15) is 0 Å².